The Morgan fingerprint density at radius 2 is 1.88 bits per heavy atom. The number of nitriles is 1. The summed E-state index contributed by atoms with van der Waals surface area (Å²) in [5.74, 6) is -1.05. The molecule has 2 amide bonds. The van der Waals surface area contributed by atoms with Gasteiger partial charge < -0.3 is 20.7 Å². The monoisotopic (exact) mass is 348 g/mol. The quantitative estimate of drug-likeness (QED) is 0.416. The molecule has 1 rings (SSSR count). The van der Waals surface area contributed by atoms with Gasteiger partial charge in [-0.2, -0.15) is 5.26 Å². The average Bonchev–Trinajstić information content (AvgIpc) is 2.51. The molecular weight excluding hydrogens is 327 g/mol. The SMILES string of the molecule is CC(C)(C)OC(=O)NCCN/C=C(/C#N)C(=O)Nc1ccc(F)cc1. The van der Waals surface area contributed by atoms with Gasteiger partial charge in [0, 0.05) is 25.0 Å². The smallest absolute Gasteiger partial charge is 0.407 e. The molecule has 1 aromatic rings. The summed E-state index contributed by atoms with van der Waals surface area (Å²) in [6.07, 6.45) is 0.697. The first-order chi connectivity index (χ1) is 11.7. The highest BCUT2D eigenvalue weighted by Crippen LogP contribution is 2.09. The fraction of sp³-hybridized carbons (Fsp3) is 0.353. The zero-order valence-corrected chi connectivity index (χ0v) is 14.4. The molecular formula is C17H21FN4O3. The lowest BCUT2D eigenvalue weighted by Gasteiger charge is -2.19. The summed E-state index contributed by atoms with van der Waals surface area (Å²) in [5, 5.41) is 16.8. The third-order valence-electron chi connectivity index (χ3n) is 2.65. The van der Waals surface area contributed by atoms with E-state index in [-0.39, 0.29) is 12.1 Å². The molecule has 0 aromatic heterocycles. The molecule has 0 saturated carbocycles. The summed E-state index contributed by atoms with van der Waals surface area (Å²) in [7, 11) is 0. The predicted molar refractivity (Wildman–Crippen MR) is 91.0 cm³/mol. The van der Waals surface area contributed by atoms with Gasteiger partial charge in [-0.15, -0.1) is 0 Å². The standard InChI is InChI=1S/C17H21FN4O3/c1-17(2,3)25-16(24)21-9-8-20-11-12(10-19)15(23)22-14-6-4-13(18)5-7-14/h4-7,11,20H,8-9H2,1-3H3,(H,21,24)(H,22,23)/b12-11-. The number of alkyl carbamates (subject to hydrolysis) is 1. The van der Waals surface area contributed by atoms with Crippen molar-refractivity contribution in [3.05, 3.63) is 41.9 Å². The Morgan fingerprint density at radius 1 is 1.24 bits per heavy atom. The van der Waals surface area contributed by atoms with Crippen molar-refractivity contribution in [3.8, 4) is 6.07 Å². The van der Waals surface area contributed by atoms with E-state index in [2.05, 4.69) is 16.0 Å². The molecule has 0 atom stereocenters. The van der Waals surface area contributed by atoms with Gasteiger partial charge in [-0.1, -0.05) is 0 Å². The van der Waals surface area contributed by atoms with Crippen molar-refractivity contribution in [2.45, 2.75) is 26.4 Å². The lowest BCUT2D eigenvalue weighted by molar-refractivity contribution is -0.112. The van der Waals surface area contributed by atoms with Crippen LogP contribution in [-0.4, -0.2) is 30.7 Å². The maximum absolute atomic E-state index is 12.8. The van der Waals surface area contributed by atoms with E-state index in [4.69, 9.17) is 10.00 Å². The third-order valence-corrected chi connectivity index (χ3v) is 2.65. The topological polar surface area (TPSA) is 103 Å². The maximum atomic E-state index is 12.8. The number of rotatable bonds is 6. The van der Waals surface area contributed by atoms with E-state index in [1.165, 1.54) is 30.5 Å². The van der Waals surface area contributed by atoms with Crippen LogP contribution in [0.1, 0.15) is 20.8 Å². The van der Waals surface area contributed by atoms with Gasteiger partial charge >= 0.3 is 6.09 Å². The van der Waals surface area contributed by atoms with Crippen LogP contribution in [-0.2, 0) is 9.53 Å². The third kappa shape index (κ3) is 8.37. The van der Waals surface area contributed by atoms with Gasteiger partial charge in [0.2, 0.25) is 0 Å². The Balaban J connectivity index is 2.41. The van der Waals surface area contributed by atoms with E-state index < -0.39 is 23.4 Å². The largest absolute Gasteiger partial charge is 0.444 e. The number of nitrogens with zero attached hydrogens (tertiary/aromatic N) is 1. The second-order valence-electron chi connectivity index (χ2n) is 6.01. The fourth-order valence-electron chi connectivity index (χ4n) is 1.61. The van der Waals surface area contributed by atoms with Crippen LogP contribution >= 0.6 is 0 Å². The van der Waals surface area contributed by atoms with Crippen molar-refractivity contribution in [2.75, 3.05) is 18.4 Å². The number of carbonyl (C=O) groups is 2. The highest BCUT2D eigenvalue weighted by atomic mass is 19.1. The van der Waals surface area contributed by atoms with Crippen LogP contribution in [0.4, 0.5) is 14.9 Å². The zero-order chi connectivity index (χ0) is 18.9. The number of hydrogen-bond acceptors (Lipinski definition) is 5. The molecule has 0 heterocycles. The molecule has 0 spiro atoms. The van der Waals surface area contributed by atoms with Crippen molar-refractivity contribution in [2.24, 2.45) is 0 Å². The van der Waals surface area contributed by atoms with Crippen molar-refractivity contribution in [1.29, 1.82) is 5.26 Å². The first kappa shape index (κ1) is 20.0. The number of anilines is 1. The lowest BCUT2D eigenvalue weighted by Crippen LogP contribution is -2.35. The van der Waals surface area contributed by atoms with Gasteiger partial charge in [0.15, 0.2) is 0 Å². The van der Waals surface area contributed by atoms with E-state index >= 15 is 0 Å². The van der Waals surface area contributed by atoms with Crippen molar-refractivity contribution in [3.63, 3.8) is 0 Å². The minimum Gasteiger partial charge on any atom is -0.444 e. The van der Waals surface area contributed by atoms with Gasteiger partial charge in [-0.05, 0) is 45.0 Å². The molecule has 3 N–H and O–H groups in total. The Labute approximate surface area is 145 Å². The molecule has 1 aromatic carbocycles. The average molecular weight is 348 g/mol. The van der Waals surface area contributed by atoms with Crippen LogP contribution in [0, 0.1) is 17.1 Å². The van der Waals surface area contributed by atoms with Crippen molar-refractivity contribution < 1.29 is 18.7 Å². The van der Waals surface area contributed by atoms with Crippen molar-refractivity contribution in [1.82, 2.24) is 10.6 Å². The van der Waals surface area contributed by atoms with Crippen LogP contribution in [0.25, 0.3) is 0 Å². The van der Waals surface area contributed by atoms with Crippen LogP contribution < -0.4 is 16.0 Å². The Morgan fingerprint density at radius 3 is 2.44 bits per heavy atom. The summed E-state index contributed by atoms with van der Waals surface area (Å²) in [5.41, 5.74) is -0.357. The fourth-order valence-corrected chi connectivity index (χ4v) is 1.61. The van der Waals surface area contributed by atoms with Crippen molar-refractivity contribution >= 4 is 17.7 Å². The van der Waals surface area contributed by atoms with E-state index in [1.807, 2.05) is 0 Å². The summed E-state index contributed by atoms with van der Waals surface area (Å²) in [6, 6.07) is 6.94. The van der Waals surface area contributed by atoms with Gasteiger partial charge in [0.1, 0.15) is 23.1 Å². The Hall–Kier alpha value is -3.08. The molecule has 0 aliphatic carbocycles. The minimum atomic E-state index is -0.623. The second-order valence-corrected chi connectivity index (χ2v) is 6.01. The summed E-state index contributed by atoms with van der Waals surface area (Å²) in [4.78, 5) is 23.4. The van der Waals surface area contributed by atoms with Gasteiger partial charge in [0.05, 0.1) is 0 Å². The number of amides is 2. The van der Waals surface area contributed by atoms with Gasteiger partial charge in [-0.3, -0.25) is 4.79 Å². The van der Waals surface area contributed by atoms with Crippen LogP contribution in [0.3, 0.4) is 0 Å². The van der Waals surface area contributed by atoms with Gasteiger partial charge in [0.25, 0.3) is 5.91 Å². The Kier molecular flexibility index (Phi) is 7.41. The molecule has 0 unspecified atom stereocenters. The zero-order valence-electron chi connectivity index (χ0n) is 14.4. The molecule has 7 nitrogen and oxygen atoms in total. The molecule has 0 saturated heterocycles. The number of carbonyl (C=O) groups excluding carboxylic acids is 2. The molecule has 0 radical (unpaired) electrons. The normalized spacial score (nSPS) is 11.2. The van der Waals surface area contributed by atoms with Gasteiger partial charge in [-0.25, -0.2) is 9.18 Å². The number of nitrogens with one attached hydrogen (secondary N) is 3. The number of hydrogen-bond donors (Lipinski definition) is 3. The van der Waals surface area contributed by atoms with E-state index in [0.29, 0.717) is 12.2 Å². The first-order valence-corrected chi connectivity index (χ1v) is 7.58. The minimum absolute atomic E-state index is 0.151. The van der Waals surface area contributed by atoms with Crippen LogP contribution in [0.5, 0.6) is 0 Å². The summed E-state index contributed by atoms with van der Waals surface area (Å²) >= 11 is 0. The lowest BCUT2D eigenvalue weighted by atomic mass is 10.2. The molecule has 25 heavy (non-hydrogen) atoms. The molecule has 0 aliphatic heterocycles. The van der Waals surface area contributed by atoms with E-state index in [9.17, 15) is 14.0 Å². The second kappa shape index (κ2) is 9.27. The van der Waals surface area contributed by atoms with Crippen LogP contribution in [0.2, 0.25) is 0 Å². The van der Waals surface area contributed by atoms with E-state index in [1.54, 1.807) is 26.8 Å². The molecule has 0 bridgehead atoms. The van der Waals surface area contributed by atoms with Crippen LogP contribution in [0.15, 0.2) is 36.0 Å². The predicted octanol–water partition coefficient (Wildman–Crippen LogP) is 2.29. The first-order valence-electron chi connectivity index (χ1n) is 7.58. The Bertz CT molecular complexity index is 673. The molecule has 8 heteroatoms. The maximum Gasteiger partial charge on any atom is 0.407 e. The molecule has 134 valence electrons. The highest BCUT2D eigenvalue weighted by molar-refractivity contribution is 6.06. The number of ether oxygens (including phenoxy) is 1. The molecule has 0 aliphatic rings. The summed E-state index contributed by atoms with van der Waals surface area (Å²) < 4.78 is 17.9. The summed E-state index contributed by atoms with van der Waals surface area (Å²) in [6.45, 7) is 5.82. The number of halogens is 1. The number of benzene rings is 1. The molecule has 0 fully saturated rings. The van der Waals surface area contributed by atoms with E-state index in [0.717, 1.165) is 0 Å². The highest BCUT2D eigenvalue weighted by Gasteiger charge is 2.15.